The topological polar surface area (TPSA) is 125 Å². The minimum atomic E-state index is -1.01. The highest BCUT2D eigenvalue weighted by Crippen LogP contribution is 2.30. The van der Waals surface area contributed by atoms with Gasteiger partial charge in [0.1, 0.15) is 6.04 Å². The van der Waals surface area contributed by atoms with E-state index in [1.807, 2.05) is 0 Å². The quantitative estimate of drug-likeness (QED) is 0.642. The van der Waals surface area contributed by atoms with Crippen molar-refractivity contribution < 1.29 is 24.0 Å². The van der Waals surface area contributed by atoms with Crippen molar-refractivity contribution in [3.8, 4) is 0 Å². The highest BCUT2D eigenvalue weighted by atomic mass is 16.2. The van der Waals surface area contributed by atoms with Crippen LogP contribution in [0.15, 0.2) is 18.2 Å². The minimum absolute atomic E-state index is 0.0690. The van der Waals surface area contributed by atoms with E-state index >= 15 is 0 Å². The Morgan fingerprint density at radius 2 is 1.80 bits per heavy atom. The third kappa shape index (κ3) is 3.79. The average molecular weight is 412 g/mol. The third-order valence-electron chi connectivity index (χ3n) is 5.93. The molecule has 1 saturated carbocycles. The van der Waals surface area contributed by atoms with Crippen LogP contribution in [-0.4, -0.2) is 46.6 Å². The van der Waals surface area contributed by atoms with Crippen LogP contribution in [0, 0.1) is 0 Å². The smallest absolute Gasteiger partial charge is 0.315 e. The molecule has 1 aliphatic carbocycles. The molecule has 1 atom stereocenters. The second kappa shape index (κ2) is 8.25. The lowest BCUT2D eigenvalue weighted by Gasteiger charge is -2.27. The molecule has 30 heavy (non-hydrogen) atoms. The maximum Gasteiger partial charge on any atom is 0.315 e. The van der Waals surface area contributed by atoms with Crippen molar-refractivity contribution in [2.75, 3.05) is 0 Å². The number of amides is 6. The lowest BCUT2D eigenvalue weighted by Crippen LogP contribution is -2.54. The van der Waals surface area contributed by atoms with Crippen LogP contribution < -0.4 is 16.0 Å². The van der Waals surface area contributed by atoms with Crippen molar-refractivity contribution in [1.82, 2.24) is 20.9 Å². The van der Waals surface area contributed by atoms with Gasteiger partial charge >= 0.3 is 6.03 Å². The molecular formula is C21H24N4O5. The molecule has 6 amide bonds. The van der Waals surface area contributed by atoms with Crippen LogP contribution in [0.4, 0.5) is 4.79 Å². The number of fused-ring (bicyclic) bond motifs is 1. The first-order chi connectivity index (χ1) is 14.5. The van der Waals surface area contributed by atoms with E-state index in [9.17, 15) is 24.0 Å². The van der Waals surface area contributed by atoms with Gasteiger partial charge in [-0.25, -0.2) is 4.79 Å². The molecule has 0 bridgehead atoms. The number of hydrogen-bond donors (Lipinski definition) is 3. The SMILES string of the molecule is O=C1CCC(N2C(=O)c3cccc(CNC(=O)NC4CCCCC4)c3C2=O)C(=O)N1. The van der Waals surface area contributed by atoms with E-state index in [1.54, 1.807) is 12.1 Å². The highest BCUT2D eigenvalue weighted by molar-refractivity contribution is 6.24. The molecule has 0 spiro atoms. The number of benzene rings is 1. The highest BCUT2D eigenvalue weighted by Gasteiger charge is 2.45. The Labute approximate surface area is 173 Å². The molecular weight excluding hydrogens is 388 g/mol. The molecule has 0 radical (unpaired) electrons. The number of imide groups is 2. The summed E-state index contributed by atoms with van der Waals surface area (Å²) in [6.45, 7) is 0.0872. The molecule has 1 aromatic carbocycles. The van der Waals surface area contributed by atoms with Gasteiger partial charge in [0.25, 0.3) is 11.8 Å². The van der Waals surface area contributed by atoms with Gasteiger partial charge in [-0.3, -0.25) is 29.4 Å². The second-order valence-electron chi connectivity index (χ2n) is 7.95. The summed E-state index contributed by atoms with van der Waals surface area (Å²) >= 11 is 0. The molecule has 1 aromatic rings. The van der Waals surface area contributed by atoms with Gasteiger partial charge in [0.05, 0.1) is 11.1 Å². The van der Waals surface area contributed by atoms with Gasteiger partial charge in [0.15, 0.2) is 0 Å². The molecule has 3 aliphatic rings. The number of hydrogen-bond acceptors (Lipinski definition) is 5. The van der Waals surface area contributed by atoms with E-state index in [-0.39, 0.29) is 42.6 Å². The van der Waals surface area contributed by atoms with E-state index in [1.165, 1.54) is 12.5 Å². The first-order valence-electron chi connectivity index (χ1n) is 10.3. The fraction of sp³-hybridized carbons (Fsp3) is 0.476. The normalized spacial score (nSPS) is 22.0. The summed E-state index contributed by atoms with van der Waals surface area (Å²) in [4.78, 5) is 62.6. The van der Waals surface area contributed by atoms with Crippen molar-refractivity contribution in [2.24, 2.45) is 0 Å². The zero-order valence-corrected chi connectivity index (χ0v) is 16.5. The van der Waals surface area contributed by atoms with Gasteiger partial charge in [-0.15, -0.1) is 0 Å². The lowest BCUT2D eigenvalue weighted by atomic mass is 9.96. The molecule has 158 valence electrons. The molecule has 4 rings (SSSR count). The first kappa shape index (κ1) is 20.1. The third-order valence-corrected chi connectivity index (χ3v) is 5.93. The Morgan fingerprint density at radius 3 is 2.53 bits per heavy atom. The summed E-state index contributed by atoms with van der Waals surface area (Å²) in [5.74, 6) is -2.19. The van der Waals surface area contributed by atoms with E-state index < -0.39 is 29.7 Å². The van der Waals surface area contributed by atoms with Gasteiger partial charge in [-0.2, -0.15) is 0 Å². The Hall–Kier alpha value is -3.23. The predicted octanol–water partition coefficient (Wildman–Crippen LogP) is 1.22. The second-order valence-corrected chi connectivity index (χ2v) is 7.95. The van der Waals surface area contributed by atoms with Crippen molar-refractivity contribution in [2.45, 2.75) is 63.6 Å². The number of nitrogens with one attached hydrogen (secondary N) is 3. The number of rotatable bonds is 4. The fourth-order valence-corrected chi connectivity index (χ4v) is 4.39. The van der Waals surface area contributed by atoms with Crippen LogP contribution >= 0.6 is 0 Å². The number of carbonyl (C=O) groups excluding carboxylic acids is 5. The lowest BCUT2D eigenvalue weighted by molar-refractivity contribution is -0.136. The van der Waals surface area contributed by atoms with Crippen molar-refractivity contribution in [3.05, 3.63) is 34.9 Å². The number of carbonyl (C=O) groups is 5. The maximum atomic E-state index is 13.0. The molecule has 1 saturated heterocycles. The summed E-state index contributed by atoms with van der Waals surface area (Å²) in [6.07, 6.45) is 5.49. The Balaban J connectivity index is 1.47. The average Bonchev–Trinajstić information content (AvgIpc) is 2.98. The molecule has 9 nitrogen and oxygen atoms in total. The molecule has 0 aromatic heterocycles. The van der Waals surface area contributed by atoms with E-state index in [0.29, 0.717) is 5.56 Å². The maximum absolute atomic E-state index is 13.0. The Bertz CT molecular complexity index is 922. The van der Waals surface area contributed by atoms with Crippen molar-refractivity contribution in [1.29, 1.82) is 0 Å². The summed E-state index contributed by atoms with van der Waals surface area (Å²) in [6, 6.07) is 3.70. The van der Waals surface area contributed by atoms with Crippen LogP contribution in [0.2, 0.25) is 0 Å². The van der Waals surface area contributed by atoms with Crippen molar-refractivity contribution in [3.63, 3.8) is 0 Å². The van der Waals surface area contributed by atoms with Gasteiger partial charge in [0.2, 0.25) is 11.8 Å². The standard InChI is InChI=1S/C21H24N4O5/c26-16-10-9-15(18(27)24-16)25-19(28)14-8-4-5-12(17(14)20(25)29)11-22-21(30)23-13-6-2-1-3-7-13/h4-5,8,13,15H,1-3,6-7,9-11H2,(H2,22,23,30)(H,24,26,27). The Morgan fingerprint density at radius 1 is 1.03 bits per heavy atom. The Kier molecular flexibility index (Phi) is 5.52. The molecule has 2 heterocycles. The summed E-state index contributed by atoms with van der Waals surface area (Å²) in [5.41, 5.74) is 0.918. The van der Waals surface area contributed by atoms with Gasteiger partial charge in [0, 0.05) is 19.0 Å². The van der Waals surface area contributed by atoms with Gasteiger partial charge in [-0.1, -0.05) is 31.4 Å². The van der Waals surface area contributed by atoms with E-state index in [2.05, 4.69) is 16.0 Å². The van der Waals surface area contributed by atoms with Gasteiger partial charge < -0.3 is 10.6 Å². The first-order valence-corrected chi connectivity index (χ1v) is 10.3. The minimum Gasteiger partial charge on any atom is -0.335 e. The zero-order chi connectivity index (χ0) is 21.3. The number of urea groups is 1. The van der Waals surface area contributed by atoms with Crippen LogP contribution in [-0.2, 0) is 16.1 Å². The molecule has 9 heteroatoms. The van der Waals surface area contributed by atoms with E-state index in [0.717, 1.165) is 30.6 Å². The fourth-order valence-electron chi connectivity index (χ4n) is 4.39. The van der Waals surface area contributed by atoms with Crippen LogP contribution in [0.5, 0.6) is 0 Å². The predicted molar refractivity (Wildman–Crippen MR) is 105 cm³/mol. The summed E-state index contributed by atoms with van der Waals surface area (Å²) < 4.78 is 0. The van der Waals surface area contributed by atoms with Crippen molar-refractivity contribution >= 4 is 29.7 Å². The van der Waals surface area contributed by atoms with Crippen LogP contribution in [0.3, 0.4) is 0 Å². The molecule has 3 N–H and O–H groups in total. The molecule has 2 fully saturated rings. The monoisotopic (exact) mass is 412 g/mol. The van der Waals surface area contributed by atoms with Gasteiger partial charge in [-0.05, 0) is 30.9 Å². The van der Waals surface area contributed by atoms with E-state index in [4.69, 9.17) is 0 Å². The summed E-state index contributed by atoms with van der Waals surface area (Å²) in [7, 11) is 0. The van der Waals surface area contributed by atoms with Crippen LogP contribution in [0.1, 0.15) is 71.2 Å². The van der Waals surface area contributed by atoms with Crippen LogP contribution in [0.25, 0.3) is 0 Å². The summed E-state index contributed by atoms with van der Waals surface area (Å²) in [5, 5.41) is 7.89. The molecule has 1 unspecified atom stereocenters. The number of nitrogens with zero attached hydrogens (tertiary/aromatic N) is 1. The largest absolute Gasteiger partial charge is 0.335 e. The zero-order valence-electron chi connectivity index (χ0n) is 16.5. The number of piperidine rings is 1. The molecule has 2 aliphatic heterocycles.